The normalized spacial score (nSPS) is 11.2. The van der Waals surface area contributed by atoms with Crippen LogP contribution in [0.2, 0.25) is 0 Å². The van der Waals surface area contributed by atoms with Crippen molar-refractivity contribution in [3.63, 3.8) is 0 Å². The molecule has 116 valence electrons. The van der Waals surface area contributed by atoms with E-state index in [0.29, 0.717) is 5.82 Å². The van der Waals surface area contributed by atoms with E-state index >= 15 is 0 Å². The number of halogens is 2. The molecule has 1 N–H and O–H groups in total. The molecule has 0 aliphatic rings. The van der Waals surface area contributed by atoms with E-state index in [1.54, 1.807) is 6.07 Å². The number of carbonyl (C=O) groups is 1. The SMILES string of the molecule is O=C(Nc1ccc(-n2cncn2)nc1)C(F)(F)c1ccccc1. The molecule has 0 atom stereocenters. The Hall–Kier alpha value is -3.16. The number of nitrogens with zero attached hydrogens (tertiary/aromatic N) is 4. The van der Waals surface area contributed by atoms with E-state index in [1.807, 2.05) is 0 Å². The molecule has 0 spiro atoms. The van der Waals surface area contributed by atoms with Crippen molar-refractivity contribution in [2.75, 3.05) is 5.32 Å². The molecule has 0 saturated carbocycles. The summed E-state index contributed by atoms with van der Waals surface area (Å²) in [6, 6.07) is 9.89. The molecule has 0 radical (unpaired) electrons. The van der Waals surface area contributed by atoms with Crippen molar-refractivity contribution in [2.24, 2.45) is 0 Å². The standard InChI is InChI=1S/C15H11F2N5O/c16-15(17,11-4-2-1-3-5-11)14(23)21-12-6-7-13(19-8-12)22-10-18-9-20-22/h1-10H,(H,21,23). The van der Waals surface area contributed by atoms with Crippen molar-refractivity contribution < 1.29 is 13.6 Å². The minimum atomic E-state index is -3.63. The van der Waals surface area contributed by atoms with Gasteiger partial charge in [0.2, 0.25) is 0 Å². The van der Waals surface area contributed by atoms with Crippen molar-refractivity contribution in [3.05, 3.63) is 66.9 Å². The first-order chi connectivity index (χ1) is 11.1. The first kappa shape index (κ1) is 14.8. The van der Waals surface area contributed by atoms with Crippen LogP contribution in [-0.2, 0) is 10.7 Å². The average Bonchev–Trinajstić information content (AvgIpc) is 3.11. The zero-order valence-electron chi connectivity index (χ0n) is 11.7. The van der Waals surface area contributed by atoms with Crippen LogP contribution in [-0.4, -0.2) is 25.7 Å². The topological polar surface area (TPSA) is 72.7 Å². The molecule has 0 bridgehead atoms. The van der Waals surface area contributed by atoms with E-state index < -0.39 is 11.8 Å². The molecule has 0 aliphatic heterocycles. The number of anilines is 1. The average molecular weight is 315 g/mol. The second-order valence-corrected chi connectivity index (χ2v) is 4.64. The van der Waals surface area contributed by atoms with Gasteiger partial charge in [0.25, 0.3) is 5.91 Å². The molecule has 6 nitrogen and oxygen atoms in total. The maximum atomic E-state index is 14.1. The molecule has 0 aliphatic carbocycles. The van der Waals surface area contributed by atoms with Crippen molar-refractivity contribution in [2.45, 2.75) is 5.92 Å². The number of pyridine rings is 1. The summed E-state index contributed by atoms with van der Waals surface area (Å²) in [5.74, 6) is -4.60. The number of rotatable bonds is 4. The number of nitrogens with one attached hydrogen (secondary N) is 1. The van der Waals surface area contributed by atoms with Gasteiger partial charge in [-0.15, -0.1) is 0 Å². The quantitative estimate of drug-likeness (QED) is 0.802. The van der Waals surface area contributed by atoms with Gasteiger partial charge in [-0.1, -0.05) is 30.3 Å². The fourth-order valence-electron chi connectivity index (χ4n) is 1.91. The van der Waals surface area contributed by atoms with Gasteiger partial charge in [0, 0.05) is 5.56 Å². The predicted octanol–water partition coefficient (Wildman–Crippen LogP) is 2.39. The van der Waals surface area contributed by atoms with Gasteiger partial charge in [-0.3, -0.25) is 4.79 Å². The van der Waals surface area contributed by atoms with E-state index in [0.717, 1.165) is 0 Å². The van der Waals surface area contributed by atoms with Gasteiger partial charge >= 0.3 is 5.92 Å². The molecule has 0 fully saturated rings. The first-order valence-corrected chi connectivity index (χ1v) is 6.63. The molecule has 1 aromatic carbocycles. The monoisotopic (exact) mass is 315 g/mol. The fraction of sp³-hybridized carbons (Fsp3) is 0.0667. The first-order valence-electron chi connectivity index (χ1n) is 6.63. The highest BCUT2D eigenvalue weighted by atomic mass is 19.3. The van der Waals surface area contributed by atoms with E-state index in [-0.39, 0.29) is 11.3 Å². The maximum absolute atomic E-state index is 14.1. The van der Waals surface area contributed by atoms with Gasteiger partial charge in [0.15, 0.2) is 5.82 Å². The number of hydrogen-bond acceptors (Lipinski definition) is 4. The molecule has 3 aromatic rings. The minimum absolute atomic E-state index is 0.162. The smallest absolute Gasteiger partial charge is 0.319 e. The van der Waals surface area contributed by atoms with Crippen LogP contribution in [0.15, 0.2) is 61.3 Å². The number of aromatic nitrogens is 4. The molecular formula is C15H11F2N5O. The lowest BCUT2D eigenvalue weighted by molar-refractivity contribution is -0.140. The third-order valence-electron chi connectivity index (χ3n) is 3.08. The zero-order chi connectivity index (χ0) is 16.3. The van der Waals surface area contributed by atoms with Gasteiger partial charge in [-0.25, -0.2) is 14.6 Å². The van der Waals surface area contributed by atoms with E-state index in [4.69, 9.17) is 0 Å². The number of amides is 1. The highest BCUT2D eigenvalue weighted by Crippen LogP contribution is 2.29. The summed E-state index contributed by atoms with van der Waals surface area (Å²) in [6.07, 6.45) is 4.07. The molecule has 0 unspecified atom stereocenters. The van der Waals surface area contributed by atoms with Crippen LogP contribution in [0.4, 0.5) is 14.5 Å². The van der Waals surface area contributed by atoms with Crippen LogP contribution in [0, 0.1) is 0 Å². The number of hydrogen-bond donors (Lipinski definition) is 1. The summed E-state index contributed by atoms with van der Waals surface area (Å²) >= 11 is 0. The lowest BCUT2D eigenvalue weighted by Gasteiger charge is -2.16. The van der Waals surface area contributed by atoms with Crippen molar-refractivity contribution in [1.82, 2.24) is 19.7 Å². The minimum Gasteiger partial charge on any atom is -0.319 e. The summed E-state index contributed by atoms with van der Waals surface area (Å²) < 4.78 is 29.6. The van der Waals surface area contributed by atoms with Gasteiger partial charge in [0.05, 0.1) is 11.9 Å². The number of carbonyl (C=O) groups excluding carboxylic acids is 1. The lowest BCUT2D eigenvalue weighted by Crippen LogP contribution is -2.32. The third-order valence-corrected chi connectivity index (χ3v) is 3.08. The Morgan fingerprint density at radius 3 is 2.52 bits per heavy atom. The van der Waals surface area contributed by atoms with Gasteiger partial charge in [0.1, 0.15) is 12.7 Å². The summed E-state index contributed by atoms with van der Waals surface area (Å²) in [7, 11) is 0. The molecular weight excluding hydrogens is 304 g/mol. The van der Waals surface area contributed by atoms with Gasteiger partial charge in [-0.05, 0) is 12.1 Å². The van der Waals surface area contributed by atoms with Crippen LogP contribution >= 0.6 is 0 Å². The van der Waals surface area contributed by atoms with Crippen molar-refractivity contribution >= 4 is 11.6 Å². The lowest BCUT2D eigenvalue weighted by atomic mass is 10.1. The van der Waals surface area contributed by atoms with Crippen molar-refractivity contribution in [3.8, 4) is 5.82 Å². The molecule has 3 rings (SSSR count). The van der Waals surface area contributed by atoms with Crippen LogP contribution in [0.25, 0.3) is 5.82 Å². The molecule has 2 heterocycles. The third kappa shape index (κ3) is 3.05. The molecule has 23 heavy (non-hydrogen) atoms. The van der Waals surface area contributed by atoms with Crippen LogP contribution in [0.3, 0.4) is 0 Å². The van der Waals surface area contributed by atoms with Gasteiger partial charge < -0.3 is 5.32 Å². The molecule has 2 aromatic heterocycles. The number of alkyl halides is 2. The maximum Gasteiger partial charge on any atom is 0.350 e. The largest absolute Gasteiger partial charge is 0.350 e. The Morgan fingerprint density at radius 2 is 1.91 bits per heavy atom. The predicted molar refractivity (Wildman–Crippen MR) is 78.1 cm³/mol. The van der Waals surface area contributed by atoms with Gasteiger partial charge in [-0.2, -0.15) is 13.9 Å². The Bertz CT molecular complexity index is 789. The van der Waals surface area contributed by atoms with Crippen LogP contribution < -0.4 is 5.32 Å². The summed E-state index contributed by atoms with van der Waals surface area (Å²) in [5, 5.41) is 6.05. The summed E-state index contributed by atoms with van der Waals surface area (Å²) in [5.41, 5.74) is -0.209. The Balaban J connectivity index is 1.75. The second kappa shape index (κ2) is 5.91. The Kier molecular flexibility index (Phi) is 3.80. The van der Waals surface area contributed by atoms with E-state index in [1.165, 1.54) is 59.9 Å². The van der Waals surface area contributed by atoms with E-state index in [9.17, 15) is 13.6 Å². The van der Waals surface area contributed by atoms with Crippen LogP contribution in [0.5, 0.6) is 0 Å². The highest BCUT2D eigenvalue weighted by Gasteiger charge is 2.40. The van der Waals surface area contributed by atoms with E-state index in [2.05, 4.69) is 20.4 Å². The Labute approximate surface area is 129 Å². The highest BCUT2D eigenvalue weighted by molar-refractivity contribution is 5.96. The molecule has 1 amide bonds. The summed E-state index contributed by atoms with van der Waals surface area (Å²) in [6.45, 7) is 0. The van der Waals surface area contributed by atoms with Crippen molar-refractivity contribution in [1.29, 1.82) is 0 Å². The number of benzene rings is 1. The second-order valence-electron chi connectivity index (χ2n) is 4.64. The van der Waals surface area contributed by atoms with Crippen LogP contribution in [0.1, 0.15) is 5.56 Å². The molecule has 8 heteroatoms. The summed E-state index contributed by atoms with van der Waals surface area (Å²) in [4.78, 5) is 19.6. The fourth-order valence-corrected chi connectivity index (χ4v) is 1.91. The molecule has 0 saturated heterocycles. The zero-order valence-corrected chi connectivity index (χ0v) is 11.7. The Morgan fingerprint density at radius 1 is 1.13 bits per heavy atom.